The van der Waals surface area contributed by atoms with E-state index < -0.39 is 0 Å². The molecule has 2 heteroatoms. The van der Waals surface area contributed by atoms with E-state index in [1.807, 2.05) is 25.9 Å². The van der Waals surface area contributed by atoms with Crippen LogP contribution in [0.25, 0.3) is 0 Å². The minimum atomic E-state index is -0.0440. The summed E-state index contributed by atoms with van der Waals surface area (Å²) in [5.74, 6) is 0.116. The first-order valence-corrected chi connectivity index (χ1v) is 3.33. The van der Waals surface area contributed by atoms with Crippen molar-refractivity contribution in [3.63, 3.8) is 0 Å². The van der Waals surface area contributed by atoms with Gasteiger partial charge in [-0.15, -0.1) is 0 Å². The third-order valence-corrected chi connectivity index (χ3v) is 1.57. The van der Waals surface area contributed by atoms with Crippen LogP contribution in [-0.2, 0) is 4.79 Å². The van der Waals surface area contributed by atoms with E-state index in [9.17, 15) is 4.79 Å². The molecule has 0 aromatic heterocycles. The van der Waals surface area contributed by atoms with Crippen LogP contribution in [0.1, 0.15) is 13.8 Å². The molecule has 0 fully saturated rings. The Hall–Kier alpha value is -0.630. The van der Waals surface area contributed by atoms with Gasteiger partial charge in [0.15, 0.2) is 5.78 Å². The summed E-state index contributed by atoms with van der Waals surface area (Å²) < 4.78 is 0. The zero-order chi connectivity index (χ0) is 8.31. The van der Waals surface area contributed by atoms with Gasteiger partial charge in [0.2, 0.25) is 0 Å². The summed E-state index contributed by atoms with van der Waals surface area (Å²) in [6.45, 7) is 7.19. The Labute approximate surface area is 62.5 Å². The first-order valence-electron chi connectivity index (χ1n) is 3.33. The molecule has 0 N–H and O–H groups in total. The van der Waals surface area contributed by atoms with Gasteiger partial charge in [0.05, 0.1) is 6.04 Å². The lowest BCUT2D eigenvalue weighted by molar-refractivity contribution is -0.119. The fraction of sp³-hybridized carbons (Fsp3) is 0.625. The normalized spacial score (nSPS) is 13.3. The van der Waals surface area contributed by atoms with Crippen molar-refractivity contribution in [3.05, 3.63) is 12.2 Å². The SMILES string of the molecule is C=C(C)C(=O)C(C)N(C)C. The molecule has 0 aliphatic heterocycles. The molecule has 10 heavy (non-hydrogen) atoms. The second kappa shape index (κ2) is 3.52. The molecular weight excluding hydrogens is 126 g/mol. The van der Waals surface area contributed by atoms with Gasteiger partial charge in [-0.3, -0.25) is 9.69 Å². The van der Waals surface area contributed by atoms with Crippen molar-refractivity contribution in [1.82, 2.24) is 4.90 Å². The number of hydrogen-bond acceptors (Lipinski definition) is 2. The molecule has 0 aliphatic carbocycles. The van der Waals surface area contributed by atoms with Gasteiger partial charge in [0.1, 0.15) is 0 Å². The highest BCUT2D eigenvalue weighted by Crippen LogP contribution is 2.00. The second-order valence-corrected chi connectivity index (χ2v) is 2.78. The summed E-state index contributed by atoms with van der Waals surface area (Å²) in [7, 11) is 3.76. The predicted octanol–water partition coefficient (Wildman–Crippen LogP) is 1.08. The number of carbonyl (C=O) groups excluding carboxylic acids is 1. The second-order valence-electron chi connectivity index (χ2n) is 2.78. The summed E-state index contributed by atoms with van der Waals surface area (Å²) in [5.41, 5.74) is 0.626. The van der Waals surface area contributed by atoms with Crippen molar-refractivity contribution in [2.75, 3.05) is 14.1 Å². The van der Waals surface area contributed by atoms with Crippen LogP contribution in [0.4, 0.5) is 0 Å². The van der Waals surface area contributed by atoms with E-state index in [0.717, 1.165) is 0 Å². The smallest absolute Gasteiger partial charge is 0.174 e. The summed E-state index contributed by atoms with van der Waals surface area (Å²) in [4.78, 5) is 13.0. The fourth-order valence-corrected chi connectivity index (χ4v) is 0.591. The van der Waals surface area contributed by atoms with E-state index in [1.54, 1.807) is 6.92 Å². The van der Waals surface area contributed by atoms with E-state index in [2.05, 4.69) is 6.58 Å². The average Bonchev–Trinajstić information content (AvgIpc) is 1.84. The van der Waals surface area contributed by atoms with Crippen molar-refractivity contribution >= 4 is 5.78 Å². The molecule has 0 radical (unpaired) electrons. The minimum Gasteiger partial charge on any atom is -0.300 e. The highest BCUT2D eigenvalue weighted by atomic mass is 16.1. The monoisotopic (exact) mass is 141 g/mol. The molecule has 2 nitrogen and oxygen atoms in total. The summed E-state index contributed by atoms with van der Waals surface area (Å²) in [6.07, 6.45) is 0. The Morgan fingerprint density at radius 1 is 1.50 bits per heavy atom. The third-order valence-electron chi connectivity index (χ3n) is 1.57. The van der Waals surface area contributed by atoms with Crippen LogP contribution in [0.15, 0.2) is 12.2 Å². The number of rotatable bonds is 3. The van der Waals surface area contributed by atoms with Crippen molar-refractivity contribution in [1.29, 1.82) is 0 Å². The number of nitrogens with zero attached hydrogens (tertiary/aromatic N) is 1. The maximum Gasteiger partial charge on any atom is 0.174 e. The topological polar surface area (TPSA) is 20.3 Å². The molecule has 0 saturated carbocycles. The lowest BCUT2D eigenvalue weighted by atomic mass is 10.1. The van der Waals surface area contributed by atoms with Gasteiger partial charge >= 0.3 is 0 Å². The Kier molecular flexibility index (Phi) is 3.30. The predicted molar refractivity (Wildman–Crippen MR) is 43.0 cm³/mol. The van der Waals surface area contributed by atoms with E-state index >= 15 is 0 Å². The van der Waals surface area contributed by atoms with Gasteiger partial charge in [-0.25, -0.2) is 0 Å². The molecule has 0 rings (SSSR count). The van der Waals surface area contributed by atoms with Crippen molar-refractivity contribution in [3.8, 4) is 0 Å². The standard InChI is InChI=1S/C8H15NO/c1-6(2)8(10)7(3)9(4)5/h7H,1H2,2-5H3. The summed E-state index contributed by atoms with van der Waals surface area (Å²) in [6, 6.07) is -0.0440. The quantitative estimate of drug-likeness (QED) is 0.548. The molecule has 0 aromatic carbocycles. The Morgan fingerprint density at radius 2 is 1.90 bits per heavy atom. The molecule has 0 aliphatic rings. The van der Waals surface area contributed by atoms with Gasteiger partial charge in [0.25, 0.3) is 0 Å². The van der Waals surface area contributed by atoms with E-state index in [0.29, 0.717) is 5.57 Å². The van der Waals surface area contributed by atoms with Crippen LogP contribution in [-0.4, -0.2) is 30.8 Å². The molecule has 1 unspecified atom stereocenters. The molecular formula is C8H15NO. The Balaban J connectivity index is 4.08. The largest absolute Gasteiger partial charge is 0.300 e. The lowest BCUT2D eigenvalue weighted by Gasteiger charge is -2.17. The van der Waals surface area contributed by atoms with Crippen LogP contribution in [0.2, 0.25) is 0 Å². The van der Waals surface area contributed by atoms with Gasteiger partial charge in [-0.2, -0.15) is 0 Å². The third kappa shape index (κ3) is 2.31. The first kappa shape index (κ1) is 9.37. The van der Waals surface area contributed by atoms with Crippen LogP contribution >= 0.6 is 0 Å². The van der Waals surface area contributed by atoms with Crippen molar-refractivity contribution < 1.29 is 4.79 Å². The molecule has 0 aromatic rings. The fourth-order valence-electron chi connectivity index (χ4n) is 0.591. The number of ketones is 1. The van der Waals surface area contributed by atoms with Crippen LogP contribution in [0.5, 0.6) is 0 Å². The molecule has 0 saturated heterocycles. The first-order chi connectivity index (χ1) is 4.46. The molecule has 58 valence electrons. The van der Waals surface area contributed by atoms with Crippen LogP contribution in [0.3, 0.4) is 0 Å². The van der Waals surface area contributed by atoms with Crippen LogP contribution in [0, 0.1) is 0 Å². The Morgan fingerprint density at radius 3 is 2.00 bits per heavy atom. The highest BCUT2D eigenvalue weighted by Gasteiger charge is 2.14. The minimum absolute atomic E-state index is 0.0440. The maximum atomic E-state index is 11.1. The molecule has 0 heterocycles. The molecule has 0 amide bonds. The lowest BCUT2D eigenvalue weighted by Crippen LogP contribution is -2.33. The summed E-state index contributed by atoms with van der Waals surface area (Å²) >= 11 is 0. The van der Waals surface area contributed by atoms with E-state index in [4.69, 9.17) is 0 Å². The van der Waals surface area contributed by atoms with Crippen molar-refractivity contribution in [2.24, 2.45) is 0 Å². The molecule has 0 spiro atoms. The van der Waals surface area contributed by atoms with Gasteiger partial charge < -0.3 is 0 Å². The number of hydrogen-bond donors (Lipinski definition) is 0. The van der Waals surface area contributed by atoms with E-state index in [-0.39, 0.29) is 11.8 Å². The number of likely N-dealkylation sites (N-methyl/N-ethyl adjacent to an activating group) is 1. The maximum absolute atomic E-state index is 11.1. The van der Waals surface area contributed by atoms with Crippen LogP contribution < -0.4 is 0 Å². The highest BCUT2D eigenvalue weighted by molar-refractivity contribution is 5.98. The van der Waals surface area contributed by atoms with Gasteiger partial charge in [-0.05, 0) is 33.5 Å². The zero-order valence-corrected chi connectivity index (χ0v) is 7.14. The zero-order valence-electron chi connectivity index (χ0n) is 7.14. The van der Waals surface area contributed by atoms with Gasteiger partial charge in [0, 0.05) is 0 Å². The average molecular weight is 141 g/mol. The summed E-state index contributed by atoms with van der Waals surface area (Å²) in [5, 5.41) is 0. The number of carbonyl (C=O) groups is 1. The molecule has 0 bridgehead atoms. The van der Waals surface area contributed by atoms with Crippen molar-refractivity contribution in [2.45, 2.75) is 19.9 Å². The van der Waals surface area contributed by atoms with Gasteiger partial charge in [-0.1, -0.05) is 6.58 Å². The number of Topliss-reactive ketones (excluding diaryl/α,β-unsaturated/α-hetero) is 1. The van der Waals surface area contributed by atoms with E-state index in [1.165, 1.54) is 0 Å². The Bertz CT molecular complexity index is 149. The molecule has 1 atom stereocenters.